The molecule has 2 aromatic rings. The number of hydrogen-bond donors (Lipinski definition) is 1. The van der Waals surface area contributed by atoms with E-state index in [-0.39, 0.29) is 11.7 Å². The zero-order valence-electron chi connectivity index (χ0n) is 15.3. The van der Waals surface area contributed by atoms with Crippen molar-refractivity contribution in [2.75, 3.05) is 32.7 Å². The van der Waals surface area contributed by atoms with Crippen LogP contribution in [0.25, 0.3) is 11.0 Å². The summed E-state index contributed by atoms with van der Waals surface area (Å²) in [5.41, 5.74) is 1.41. The summed E-state index contributed by atoms with van der Waals surface area (Å²) in [5, 5.41) is 14.5. The number of likely N-dealkylation sites (N-methyl/N-ethyl adjacent to an activating group) is 1. The third kappa shape index (κ3) is 4.04. The lowest BCUT2D eigenvalue weighted by atomic mass is 9.91. The van der Waals surface area contributed by atoms with Gasteiger partial charge in [-0.1, -0.05) is 5.16 Å². The molecule has 0 aliphatic carbocycles. The Morgan fingerprint density at radius 3 is 2.85 bits per heavy atom. The SMILES string of the molecule is CCN(CCN1CCC(c2noc3cc(F)ccc23)CC1)C(=O)[C@@H](C)O. The van der Waals surface area contributed by atoms with Gasteiger partial charge in [0.05, 0.1) is 5.69 Å². The summed E-state index contributed by atoms with van der Waals surface area (Å²) in [7, 11) is 0. The lowest BCUT2D eigenvalue weighted by Crippen LogP contribution is -2.44. The number of carbonyl (C=O) groups is 1. The number of halogens is 1. The van der Waals surface area contributed by atoms with Gasteiger partial charge in [0.1, 0.15) is 11.9 Å². The third-order valence-corrected chi connectivity index (χ3v) is 5.17. The third-order valence-electron chi connectivity index (χ3n) is 5.17. The molecule has 0 radical (unpaired) electrons. The topological polar surface area (TPSA) is 69.8 Å². The minimum atomic E-state index is -0.953. The van der Waals surface area contributed by atoms with Gasteiger partial charge in [0.15, 0.2) is 5.58 Å². The Balaban J connectivity index is 1.55. The lowest BCUT2D eigenvalue weighted by molar-refractivity contribution is -0.139. The molecule has 0 unspecified atom stereocenters. The molecule has 0 spiro atoms. The van der Waals surface area contributed by atoms with E-state index >= 15 is 0 Å². The predicted octanol–water partition coefficient (Wildman–Crippen LogP) is 2.38. The highest BCUT2D eigenvalue weighted by molar-refractivity contribution is 5.80. The summed E-state index contributed by atoms with van der Waals surface area (Å²) in [6, 6.07) is 4.56. The van der Waals surface area contributed by atoms with E-state index in [4.69, 9.17) is 4.52 Å². The Kier molecular flexibility index (Phi) is 5.88. The Bertz CT molecular complexity index is 754. The number of aromatic nitrogens is 1. The molecule has 6 nitrogen and oxygen atoms in total. The van der Waals surface area contributed by atoms with Crippen molar-refractivity contribution >= 4 is 16.9 Å². The van der Waals surface area contributed by atoms with Crippen LogP contribution in [0.15, 0.2) is 22.7 Å². The quantitative estimate of drug-likeness (QED) is 0.853. The van der Waals surface area contributed by atoms with Gasteiger partial charge in [0, 0.05) is 37.0 Å². The number of likely N-dealkylation sites (tertiary alicyclic amines) is 1. The zero-order chi connectivity index (χ0) is 18.7. The molecule has 2 heterocycles. The maximum Gasteiger partial charge on any atom is 0.251 e. The van der Waals surface area contributed by atoms with Crippen LogP contribution in [-0.4, -0.2) is 64.8 Å². The summed E-state index contributed by atoms with van der Waals surface area (Å²) in [6.07, 6.45) is 0.955. The largest absolute Gasteiger partial charge is 0.384 e. The van der Waals surface area contributed by atoms with Crippen molar-refractivity contribution in [3.05, 3.63) is 29.7 Å². The number of carbonyl (C=O) groups excluding carboxylic acids is 1. The molecular formula is C19H26FN3O3. The molecule has 0 bridgehead atoms. The molecule has 0 saturated carbocycles. The number of aliphatic hydroxyl groups is 1. The van der Waals surface area contributed by atoms with Crippen molar-refractivity contribution in [3.8, 4) is 0 Å². The van der Waals surface area contributed by atoms with E-state index in [0.717, 1.165) is 43.6 Å². The van der Waals surface area contributed by atoms with Crippen molar-refractivity contribution in [3.63, 3.8) is 0 Å². The minimum Gasteiger partial charge on any atom is -0.384 e. The smallest absolute Gasteiger partial charge is 0.251 e. The monoisotopic (exact) mass is 363 g/mol. The molecule has 1 aromatic carbocycles. The highest BCUT2D eigenvalue weighted by Crippen LogP contribution is 2.32. The molecule has 7 heteroatoms. The van der Waals surface area contributed by atoms with Gasteiger partial charge in [-0.3, -0.25) is 4.79 Å². The van der Waals surface area contributed by atoms with Crippen LogP contribution in [-0.2, 0) is 4.79 Å². The summed E-state index contributed by atoms with van der Waals surface area (Å²) in [4.78, 5) is 15.9. The molecule has 3 rings (SSSR count). The molecule has 26 heavy (non-hydrogen) atoms. The molecule has 1 amide bonds. The normalized spacial score (nSPS) is 17.5. The Morgan fingerprint density at radius 1 is 1.46 bits per heavy atom. The highest BCUT2D eigenvalue weighted by Gasteiger charge is 2.26. The lowest BCUT2D eigenvalue weighted by Gasteiger charge is -2.33. The molecule has 142 valence electrons. The van der Waals surface area contributed by atoms with Gasteiger partial charge in [-0.05, 0) is 51.9 Å². The van der Waals surface area contributed by atoms with Crippen LogP contribution < -0.4 is 0 Å². The van der Waals surface area contributed by atoms with Gasteiger partial charge in [-0.2, -0.15) is 0 Å². The first kappa shape index (κ1) is 18.8. The molecular weight excluding hydrogens is 337 g/mol. The fraction of sp³-hybridized carbons (Fsp3) is 0.579. The minimum absolute atomic E-state index is 0.219. The molecule has 1 aliphatic rings. The van der Waals surface area contributed by atoms with Crippen molar-refractivity contribution < 1.29 is 18.8 Å². The van der Waals surface area contributed by atoms with Crippen LogP contribution in [0.1, 0.15) is 38.3 Å². The summed E-state index contributed by atoms with van der Waals surface area (Å²) >= 11 is 0. The fourth-order valence-corrected chi connectivity index (χ4v) is 3.61. The molecule has 1 saturated heterocycles. The van der Waals surface area contributed by atoms with Crippen LogP contribution in [0.3, 0.4) is 0 Å². The Morgan fingerprint density at radius 2 is 2.19 bits per heavy atom. The number of rotatable bonds is 6. The van der Waals surface area contributed by atoms with E-state index in [1.807, 2.05) is 6.92 Å². The van der Waals surface area contributed by atoms with Crippen molar-refractivity contribution in [1.29, 1.82) is 0 Å². The second-order valence-electron chi connectivity index (χ2n) is 6.92. The maximum atomic E-state index is 13.3. The van der Waals surface area contributed by atoms with E-state index in [1.165, 1.54) is 19.1 Å². The first-order chi connectivity index (χ1) is 12.5. The molecule has 1 aromatic heterocycles. The van der Waals surface area contributed by atoms with Gasteiger partial charge >= 0.3 is 0 Å². The second kappa shape index (κ2) is 8.14. The van der Waals surface area contributed by atoms with Gasteiger partial charge < -0.3 is 19.4 Å². The van der Waals surface area contributed by atoms with Crippen molar-refractivity contribution in [1.82, 2.24) is 15.0 Å². The molecule has 1 N–H and O–H groups in total. The number of hydrogen-bond acceptors (Lipinski definition) is 5. The van der Waals surface area contributed by atoms with Gasteiger partial charge in [-0.25, -0.2) is 4.39 Å². The van der Waals surface area contributed by atoms with Crippen LogP contribution in [0, 0.1) is 5.82 Å². The van der Waals surface area contributed by atoms with Crippen LogP contribution in [0.2, 0.25) is 0 Å². The van der Waals surface area contributed by atoms with Gasteiger partial charge in [0.2, 0.25) is 0 Å². The van der Waals surface area contributed by atoms with E-state index < -0.39 is 6.10 Å². The zero-order valence-corrected chi connectivity index (χ0v) is 15.3. The number of nitrogens with zero attached hydrogens (tertiary/aromatic N) is 3. The second-order valence-corrected chi connectivity index (χ2v) is 6.92. The predicted molar refractivity (Wildman–Crippen MR) is 96.3 cm³/mol. The standard InChI is InChI=1S/C19H26FN3O3/c1-3-23(19(25)13(2)24)11-10-22-8-6-14(7-9-22)18-16-5-4-15(20)12-17(16)26-21-18/h4-5,12-14,24H,3,6-11H2,1-2H3/t13-/m1/s1. The molecule has 1 fully saturated rings. The number of aliphatic hydroxyl groups excluding tert-OH is 1. The molecule has 1 aliphatic heterocycles. The number of benzene rings is 1. The van der Waals surface area contributed by atoms with Gasteiger partial charge in [0.25, 0.3) is 5.91 Å². The average molecular weight is 363 g/mol. The Labute approximate surface area is 152 Å². The van der Waals surface area contributed by atoms with E-state index in [9.17, 15) is 14.3 Å². The summed E-state index contributed by atoms with van der Waals surface area (Å²) in [6.45, 7) is 7.28. The fourth-order valence-electron chi connectivity index (χ4n) is 3.61. The summed E-state index contributed by atoms with van der Waals surface area (Å²) < 4.78 is 18.6. The van der Waals surface area contributed by atoms with Crippen molar-refractivity contribution in [2.24, 2.45) is 0 Å². The van der Waals surface area contributed by atoms with Gasteiger partial charge in [-0.15, -0.1) is 0 Å². The number of fused-ring (bicyclic) bond motifs is 1. The Hall–Kier alpha value is -1.99. The maximum absolute atomic E-state index is 13.3. The van der Waals surface area contributed by atoms with Crippen LogP contribution >= 0.6 is 0 Å². The molecule has 1 atom stereocenters. The van der Waals surface area contributed by atoms with Crippen molar-refractivity contribution in [2.45, 2.75) is 38.7 Å². The first-order valence-electron chi connectivity index (χ1n) is 9.23. The first-order valence-corrected chi connectivity index (χ1v) is 9.23. The van der Waals surface area contributed by atoms with E-state index in [1.54, 1.807) is 11.0 Å². The average Bonchev–Trinajstić information content (AvgIpc) is 3.05. The van der Waals surface area contributed by atoms with E-state index in [0.29, 0.717) is 24.6 Å². The number of amides is 1. The summed E-state index contributed by atoms with van der Waals surface area (Å²) in [5.74, 6) is -0.231. The number of piperidine rings is 1. The van der Waals surface area contributed by atoms with Crippen LogP contribution in [0.4, 0.5) is 4.39 Å². The van der Waals surface area contributed by atoms with Crippen LogP contribution in [0.5, 0.6) is 0 Å². The van der Waals surface area contributed by atoms with E-state index in [2.05, 4.69) is 10.1 Å². The highest BCUT2D eigenvalue weighted by atomic mass is 19.1.